The molecule has 1 aliphatic carbocycles. The summed E-state index contributed by atoms with van der Waals surface area (Å²) in [6.07, 6.45) is 5.15. The molecule has 2 aromatic carbocycles. The highest BCUT2D eigenvalue weighted by molar-refractivity contribution is 5.95. The molecule has 4 aromatic rings. The maximum atomic E-state index is 14.9. The summed E-state index contributed by atoms with van der Waals surface area (Å²) in [5, 5.41) is 10.5. The molecule has 2 amide bonds. The second kappa shape index (κ2) is 11.2. The normalized spacial score (nSPS) is 15.2. The Hall–Kier alpha value is -4.87. The van der Waals surface area contributed by atoms with E-state index >= 15 is 0 Å². The Morgan fingerprint density at radius 2 is 1.95 bits per heavy atom. The predicted molar refractivity (Wildman–Crippen MR) is 153 cm³/mol. The first-order valence-corrected chi connectivity index (χ1v) is 13.8. The summed E-state index contributed by atoms with van der Waals surface area (Å²) in [5.41, 5.74) is 1.18. The molecule has 2 aliphatic rings. The van der Waals surface area contributed by atoms with Crippen molar-refractivity contribution in [1.29, 1.82) is 0 Å². The molecule has 42 heavy (non-hydrogen) atoms. The standard InChI is InChI=1S/C30H30FN7O4/c1-32-28(40)25-10-11-33-30(34-25)37(2)18-15-38(16-18)29(41)23-12-17(6-9-24(23)31)13-26-22-14-20(42-19-4-3-5-19)7-8-21(22)27(39)36-35-26/h6-12,14,18-19H,3-5,13,15-16H2,1-2H3,(H,32,40)(H,36,39). The number of hydrogen-bond acceptors (Lipinski definition) is 8. The number of likely N-dealkylation sites (tertiary alicyclic amines) is 1. The molecule has 2 fully saturated rings. The number of aromatic nitrogens is 4. The van der Waals surface area contributed by atoms with E-state index < -0.39 is 11.7 Å². The summed E-state index contributed by atoms with van der Waals surface area (Å²) >= 11 is 0. The summed E-state index contributed by atoms with van der Waals surface area (Å²) in [6, 6.07) is 11.2. The van der Waals surface area contributed by atoms with Crippen LogP contribution >= 0.6 is 0 Å². The monoisotopic (exact) mass is 571 g/mol. The van der Waals surface area contributed by atoms with Crippen LogP contribution in [0.4, 0.5) is 10.3 Å². The van der Waals surface area contributed by atoms with Crippen molar-refractivity contribution < 1.29 is 18.7 Å². The van der Waals surface area contributed by atoms with E-state index in [4.69, 9.17) is 4.74 Å². The Morgan fingerprint density at radius 1 is 1.14 bits per heavy atom. The van der Waals surface area contributed by atoms with Crippen molar-refractivity contribution in [2.24, 2.45) is 0 Å². The molecule has 2 N–H and O–H groups in total. The third-order valence-corrected chi connectivity index (χ3v) is 7.94. The fourth-order valence-corrected chi connectivity index (χ4v) is 5.10. The Bertz CT molecular complexity index is 1730. The van der Waals surface area contributed by atoms with E-state index in [-0.39, 0.29) is 41.3 Å². The predicted octanol–water partition coefficient (Wildman–Crippen LogP) is 2.69. The number of H-pyrrole nitrogens is 1. The Balaban J connectivity index is 1.17. The van der Waals surface area contributed by atoms with Crippen LogP contribution in [0.3, 0.4) is 0 Å². The molecule has 216 valence electrons. The largest absolute Gasteiger partial charge is 0.490 e. The molecule has 3 heterocycles. The number of aromatic amines is 1. The number of nitrogens with zero attached hydrogens (tertiary/aromatic N) is 5. The van der Waals surface area contributed by atoms with Gasteiger partial charge in [-0.05, 0) is 61.2 Å². The van der Waals surface area contributed by atoms with Gasteiger partial charge in [-0.2, -0.15) is 5.10 Å². The molecule has 6 rings (SSSR count). The second-order valence-corrected chi connectivity index (χ2v) is 10.7. The van der Waals surface area contributed by atoms with Crippen molar-refractivity contribution in [3.8, 4) is 5.75 Å². The van der Waals surface area contributed by atoms with Crippen LogP contribution in [0.2, 0.25) is 0 Å². The first-order valence-electron chi connectivity index (χ1n) is 13.8. The lowest BCUT2D eigenvalue weighted by Gasteiger charge is -2.44. The summed E-state index contributed by atoms with van der Waals surface area (Å²) < 4.78 is 20.9. The third-order valence-electron chi connectivity index (χ3n) is 7.94. The molecular formula is C30H30FN7O4. The molecule has 1 saturated carbocycles. The number of anilines is 1. The van der Waals surface area contributed by atoms with Crippen LogP contribution in [0.5, 0.6) is 5.75 Å². The minimum atomic E-state index is -0.613. The first-order chi connectivity index (χ1) is 20.3. The molecule has 0 spiro atoms. The molecule has 1 aliphatic heterocycles. The number of hydrogen-bond donors (Lipinski definition) is 2. The van der Waals surface area contributed by atoms with Gasteiger partial charge >= 0.3 is 0 Å². The molecule has 2 aromatic heterocycles. The molecular weight excluding hydrogens is 541 g/mol. The molecule has 0 atom stereocenters. The van der Waals surface area contributed by atoms with E-state index in [9.17, 15) is 18.8 Å². The van der Waals surface area contributed by atoms with Crippen molar-refractivity contribution in [2.75, 3.05) is 32.1 Å². The maximum absolute atomic E-state index is 14.9. The van der Waals surface area contributed by atoms with Crippen molar-refractivity contribution in [2.45, 2.75) is 37.8 Å². The van der Waals surface area contributed by atoms with Crippen molar-refractivity contribution in [1.82, 2.24) is 30.4 Å². The maximum Gasteiger partial charge on any atom is 0.272 e. The van der Waals surface area contributed by atoms with Gasteiger partial charge in [-0.3, -0.25) is 14.4 Å². The van der Waals surface area contributed by atoms with Gasteiger partial charge in [-0.25, -0.2) is 19.5 Å². The third kappa shape index (κ3) is 5.27. The average Bonchev–Trinajstić information content (AvgIpc) is 2.96. The second-order valence-electron chi connectivity index (χ2n) is 10.7. The van der Waals surface area contributed by atoms with Crippen LogP contribution in [-0.4, -0.2) is 76.2 Å². The van der Waals surface area contributed by atoms with Crippen LogP contribution in [0.25, 0.3) is 10.8 Å². The average molecular weight is 572 g/mol. The topological polar surface area (TPSA) is 133 Å². The zero-order chi connectivity index (χ0) is 29.4. The van der Waals surface area contributed by atoms with E-state index in [1.807, 2.05) is 6.07 Å². The van der Waals surface area contributed by atoms with Crippen LogP contribution in [0, 0.1) is 5.82 Å². The van der Waals surface area contributed by atoms with Gasteiger partial charge in [0, 0.05) is 45.2 Å². The lowest BCUT2D eigenvalue weighted by molar-refractivity contribution is 0.0597. The Morgan fingerprint density at radius 3 is 2.69 bits per heavy atom. The van der Waals surface area contributed by atoms with E-state index in [1.54, 1.807) is 35.0 Å². The quantitative estimate of drug-likeness (QED) is 0.330. The lowest BCUT2D eigenvalue weighted by Crippen LogP contribution is -2.60. The van der Waals surface area contributed by atoms with Crippen LogP contribution in [-0.2, 0) is 6.42 Å². The smallest absolute Gasteiger partial charge is 0.272 e. The zero-order valence-corrected chi connectivity index (χ0v) is 23.3. The fourth-order valence-electron chi connectivity index (χ4n) is 5.10. The number of nitrogens with one attached hydrogen (secondary N) is 2. The first kappa shape index (κ1) is 27.3. The molecule has 0 radical (unpaired) electrons. The number of likely N-dealkylation sites (N-methyl/N-ethyl adjacent to an activating group) is 1. The fraction of sp³-hybridized carbons (Fsp3) is 0.333. The lowest BCUT2D eigenvalue weighted by atomic mass is 9.96. The number of fused-ring (bicyclic) bond motifs is 1. The number of halogens is 1. The van der Waals surface area contributed by atoms with Gasteiger partial charge < -0.3 is 19.9 Å². The minimum Gasteiger partial charge on any atom is -0.490 e. The van der Waals surface area contributed by atoms with Gasteiger partial charge in [0.05, 0.1) is 28.8 Å². The SMILES string of the molecule is CNC(=O)c1ccnc(N(C)C2CN(C(=O)c3cc(Cc4n[nH]c(=O)c5ccc(OC6CCC6)cc45)ccc3F)C2)n1. The van der Waals surface area contributed by atoms with Crippen molar-refractivity contribution in [3.05, 3.63) is 87.3 Å². The van der Waals surface area contributed by atoms with Gasteiger partial charge in [-0.15, -0.1) is 0 Å². The number of amides is 2. The molecule has 1 saturated heterocycles. The zero-order valence-electron chi connectivity index (χ0n) is 23.3. The van der Waals surface area contributed by atoms with Gasteiger partial charge in [0.1, 0.15) is 17.3 Å². The summed E-state index contributed by atoms with van der Waals surface area (Å²) in [5.74, 6) is -0.311. The van der Waals surface area contributed by atoms with Crippen molar-refractivity contribution >= 4 is 28.5 Å². The summed E-state index contributed by atoms with van der Waals surface area (Å²) in [4.78, 5) is 49.5. The molecule has 12 heteroatoms. The van der Waals surface area contributed by atoms with Gasteiger partial charge in [0.2, 0.25) is 5.95 Å². The van der Waals surface area contributed by atoms with E-state index in [1.165, 1.54) is 31.4 Å². The highest BCUT2D eigenvalue weighted by Crippen LogP contribution is 2.29. The van der Waals surface area contributed by atoms with Gasteiger partial charge in [0.15, 0.2) is 0 Å². The van der Waals surface area contributed by atoms with E-state index in [2.05, 4.69) is 25.5 Å². The van der Waals surface area contributed by atoms with Crippen LogP contribution in [0.1, 0.15) is 51.4 Å². The van der Waals surface area contributed by atoms with Gasteiger partial charge in [-0.1, -0.05) is 6.07 Å². The van der Waals surface area contributed by atoms with Crippen molar-refractivity contribution in [3.63, 3.8) is 0 Å². The van der Waals surface area contributed by atoms with Crippen LogP contribution in [0.15, 0.2) is 53.5 Å². The molecule has 11 nitrogen and oxygen atoms in total. The molecule has 0 unspecified atom stereocenters. The highest BCUT2D eigenvalue weighted by atomic mass is 19.1. The number of carbonyl (C=O) groups excluding carboxylic acids is 2. The molecule has 0 bridgehead atoms. The number of ether oxygens (including phenoxy) is 1. The number of benzene rings is 2. The Kier molecular flexibility index (Phi) is 7.27. The van der Waals surface area contributed by atoms with E-state index in [0.29, 0.717) is 46.8 Å². The summed E-state index contributed by atoms with van der Waals surface area (Å²) in [6.45, 7) is 0.699. The van der Waals surface area contributed by atoms with Gasteiger partial charge in [0.25, 0.3) is 17.4 Å². The number of carbonyl (C=O) groups is 2. The summed E-state index contributed by atoms with van der Waals surface area (Å²) in [7, 11) is 3.32. The van der Waals surface area contributed by atoms with Crippen LogP contribution < -0.4 is 20.5 Å². The Labute approximate surface area is 240 Å². The number of rotatable bonds is 8. The minimum absolute atomic E-state index is 0.0331. The highest BCUT2D eigenvalue weighted by Gasteiger charge is 2.36. The van der Waals surface area contributed by atoms with E-state index in [0.717, 1.165) is 19.3 Å².